The number of carbonyl (C=O) groups excluding carboxylic acids is 2. The molecular weight excluding hydrogens is 278 g/mol. The van der Waals surface area contributed by atoms with Crippen molar-refractivity contribution in [1.29, 1.82) is 0 Å². The third-order valence-electron chi connectivity index (χ3n) is 4.23. The van der Waals surface area contributed by atoms with E-state index in [2.05, 4.69) is 6.92 Å². The quantitative estimate of drug-likeness (QED) is 0.810. The monoisotopic (exact) mass is 297 g/mol. The maximum absolute atomic E-state index is 12.9. The molecule has 3 rings (SSSR count). The third-order valence-corrected chi connectivity index (χ3v) is 4.23. The lowest BCUT2D eigenvalue weighted by molar-refractivity contribution is 0.0636. The van der Waals surface area contributed by atoms with Gasteiger partial charge in [0.2, 0.25) is 0 Å². The number of amides is 1. The molecule has 1 fully saturated rings. The van der Waals surface area contributed by atoms with E-state index in [1.54, 1.807) is 12.1 Å². The Morgan fingerprint density at radius 1 is 1.23 bits per heavy atom. The smallest absolute Gasteiger partial charge is 0.254 e. The van der Waals surface area contributed by atoms with Gasteiger partial charge in [-0.15, -0.1) is 0 Å². The number of hydrogen-bond donors (Lipinski definition) is 0. The van der Waals surface area contributed by atoms with Gasteiger partial charge in [-0.3, -0.25) is 9.59 Å². The summed E-state index contributed by atoms with van der Waals surface area (Å²) in [5.41, 5.74) is 1.36. The Kier molecular flexibility index (Phi) is 4.09. The van der Waals surface area contributed by atoms with Crippen LogP contribution in [0.4, 0.5) is 0 Å². The second-order valence-corrected chi connectivity index (χ2v) is 5.71. The zero-order chi connectivity index (χ0) is 15.5. The van der Waals surface area contributed by atoms with Crippen LogP contribution in [0.3, 0.4) is 0 Å². The van der Waals surface area contributed by atoms with Gasteiger partial charge in [-0.05, 0) is 44.4 Å². The van der Waals surface area contributed by atoms with Gasteiger partial charge in [0.1, 0.15) is 5.76 Å². The first-order chi connectivity index (χ1) is 10.7. The van der Waals surface area contributed by atoms with Crippen LogP contribution < -0.4 is 0 Å². The van der Waals surface area contributed by atoms with Crippen molar-refractivity contribution in [3.05, 3.63) is 47.7 Å². The number of benzene rings is 1. The van der Waals surface area contributed by atoms with Crippen LogP contribution >= 0.6 is 0 Å². The SMILES string of the molecule is CC1CCCCN1C(=O)c1ccccc1-c1ccc(C=O)o1. The maximum atomic E-state index is 12.9. The number of nitrogens with zero attached hydrogens (tertiary/aromatic N) is 1. The number of aldehydes is 1. The Morgan fingerprint density at radius 2 is 2.05 bits per heavy atom. The second-order valence-electron chi connectivity index (χ2n) is 5.71. The summed E-state index contributed by atoms with van der Waals surface area (Å²) < 4.78 is 5.49. The molecule has 1 amide bonds. The minimum absolute atomic E-state index is 0.0341. The van der Waals surface area contributed by atoms with Crippen LogP contribution in [0.15, 0.2) is 40.8 Å². The Bertz CT molecular complexity index is 689. The molecule has 22 heavy (non-hydrogen) atoms. The van der Waals surface area contributed by atoms with E-state index >= 15 is 0 Å². The molecule has 1 atom stereocenters. The molecule has 4 nitrogen and oxygen atoms in total. The molecule has 1 aliphatic rings. The minimum atomic E-state index is 0.0341. The fraction of sp³-hybridized carbons (Fsp3) is 0.333. The molecule has 1 unspecified atom stereocenters. The lowest BCUT2D eigenvalue weighted by atomic mass is 9.99. The van der Waals surface area contributed by atoms with E-state index < -0.39 is 0 Å². The second kappa shape index (κ2) is 6.18. The van der Waals surface area contributed by atoms with Crippen molar-refractivity contribution in [2.75, 3.05) is 6.54 Å². The first kappa shape index (κ1) is 14.6. The molecule has 1 aromatic heterocycles. The molecule has 1 saturated heterocycles. The van der Waals surface area contributed by atoms with Crippen LogP contribution in [0.25, 0.3) is 11.3 Å². The van der Waals surface area contributed by atoms with Crippen molar-refractivity contribution in [2.45, 2.75) is 32.2 Å². The molecule has 2 aromatic rings. The standard InChI is InChI=1S/C18H19NO3/c1-13-6-4-5-11-19(13)18(21)16-8-3-2-7-15(16)17-10-9-14(12-20)22-17/h2-3,7-10,12-13H,4-6,11H2,1H3. The van der Waals surface area contributed by atoms with Gasteiger partial charge in [0.25, 0.3) is 5.91 Å². The van der Waals surface area contributed by atoms with E-state index in [9.17, 15) is 9.59 Å². The number of likely N-dealkylation sites (tertiary alicyclic amines) is 1. The number of furan rings is 1. The van der Waals surface area contributed by atoms with E-state index in [0.717, 1.165) is 24.9 Å². The van der Waals surface area contributed by atoms with Gasteiger partial charge in [0, 0.05) is 18.2 Å². The van der Waals surface area contributed by atoms with Gasteiger partial charge in [0.05, 0.1) is 5.56 Å². The lowest BCUT2D eigenvalue weighted by Gasteiger charge is -2.33. The summed E-state index contributed by atoms with van der Waals surface area (Å²) in [5, 5.41) is 0. The highest BCUT2D eigenvalue weighted by Gasteiger charge is 2.26. The van der Waals surface area contributed by atoms with E-state index in [1.165, 1.54) is 6.42 Å². The summed E-state index contributed by atoms with van der Waals surface area (Å²) in [6.45, 7) is 2.89. The molecule has 4 heteroatoms. The molecular formula is C18H19NO3. The van der Waals surface area contributed by atoms with Crippen LogP contribution in [0.2, 0.25) is 0 Å². The average Bonchev–Trinajstić information content (AvgIpc) is 3.04. The van der Waals surface area contributed by atoms with Crippen molar-refractivity contribution >= 4 is 12.2 Å². The Labute approximate surface area is 129 Å². The molecule has 1 aliphatic heterocycles. The molecule has 0 spiro atoms. The summed E-state index contributed by atoms with van der Waals surface area (Å²) in [6.07, 6.45) is 3.94. The molecule has 0 bridgehead atoms. The van der Waals surface area contributed by atoms with E-state index in [1.807, 2.05) is 29.2 Å². The normalized spacial score (nSPS) is 18.2. The molecule has 0 saturated carbocycles. The molecule has 0 radical (unpaired) electrons. The molecule has 114 valence electrons. The molecule has 0 N–H and O–H groups in total. The first-order valence-corrected chi connectivity index (χ1v) is 7.66. The van der Waals surface area contributed by atoms with Crippen LogP contribution in [0.5, 0.6) is 0 Å². The van der Waals surface area contributed by atoms with Crippen molar-refractivity contribution in [1.82, 2.24) is 4.90 Å². The van der Waals surface area contributed by atoms with Gasteiger partial charge in [-0.2, -0.15) is 0 Å². The zero-order valence-electron chi connectivity index (χ0n) is 12.6. The zero-order valence-corrected chi connectivity index (χ0v) is 12.6. The summed E-state index contributed by atoms with van der Waals surface area (Å²) >= 11 is 0. The third kappa shape index (κ3) is 2.69. The van der Waals surface area contributed by atoms with Crippen molar-refractivity contribution in [3.8, 4) is 11.3 Å². The minimum Gasteiger partial charge on any atom is -0.453 e. The number of piperidine rings is 1. The summed E-state index contributed by atoms with van der Waals surface area (Å²) in [6, 6.07) is 11.0. The maximum Gasteiger partial charge on any atom is 0.254 e. The summed E-state index contributed by atoms with van der Waals surface area (Å²) in [5.74, 6) is 0.853. The molecule has 1 aromatic carbocycles. The average molecular weight is 297 g/mol. The largest absolute Gasteiger partial charge is 0.453 e. The van der Waals surface area contributed by atoms with Crippen LogP contribution in [-0.2, 0) is 0 Å². The van der Waals surface area contributed by atoms with Crippen molar-refractivity contribution in [2.24, 2.45) is 0 Å². The lowest BCUT2D eigenvalue weighted by Crippen LogP contribution is -2.42. The van der Waals surface area contributed by atoms with Gasteiger partial charge < -0.3 is 9.32 Å². The first-order valence-electron chi connectivity index (χ1n) is 7.66. The Morgan fingerprint density at radius 3 is 2.77 bits per heavy atom. The van der Waals surface area contributed by atoms with E-state index in [-0.39, 0.29) is 17.7 Å². The Hall–Kier alpha value is -2.36. The Balaban J connectivity index is 1.97. The highest BCUT2D eigenvalue weighted by atomic mass is 16.3. The fourth-order valence-electron chi connectivity index (χ4n) is 3.00. The van der Waals surface area contributed by atoms with Gasteiger partial charge in [-0.25, -0.2) is 0 Å². The molecule has 2 heterocycles. The highest BCUT2D eigenvalue weighted by molar-refractivity contribution is 6.00. The van der Waals surface area contributed by atoms with Gasteiger partial charge in [0.15, 0.2) is 12.0 Å². The van der Waals surface area contributed by atoms with Crippen LogP contribution in [-0.4, -0.2) is 29.7 Å². The molecule has 0 aliphatic carbocycles. The summed E-state index contributed by atoms with van der Waals surface area (Å²) in [7, 11) is 0. The van der Waals surface area contributed by atoms with Gasteiger partial charge >= 0.3 is 0 Å². The topological polar surface area (TPSA) is 50.5 Å². The number of carbonyl (C=O) groups is 2. The fourth-order valence-corrected chi connectivity index (χ4v) is 3.00. The van der Waals surface area contributed by atoms with Crippen LogP contribution in [0.1, 0.15) is 47.1 Å². The highest BCUT2D eigenvalue weighted by Crippen LogP contribution is 2.28. The van der Waals surface area contributed by atoms with Crippen LogP contribution in [0, 0.1) is 0 Å². The predicted octanol–water partition coefficient (Wildman–Crippen LogP) is 3.77. The number of hydrogen-bond acceptors (Lipinski definition) is 3. The van der Waals surface area contributed by atoms with Crippen molar-refractivity contribution in [3.63, 3.8) is 0 Å². The van der Waals surface area contributed by atoms with Gasteiger partial charge in [-0.1, -0.05) is 18.2 Å². The predicted molar refractivity (Wildman–Crippen MR) is 83.9 cm³/mol. The van der Waals surface area contributed by atoms with Crippen molar-refractivity contribution < 1.29 is 14.0 Å². The van der Waals surface area contributed by atoms with E-state index in [0.29, 0.717) is 17.6 Å². The number of rotatable bonds is 3. The van der Waals surface area contributed by atoms with E-state index in [4.69, 9.17) is 4.42 Å². The summed E-state index contributed by atoms with van der Waals surface area (Å²) in [4.78, 5) is 25.6.